The first-order valence-electron chi connectivity index (χ1n) is 10.2. The molecule has 1 fully saturated rings. The number of primary amides is 2. The number of aromatic nitrogens is 3. The van der Waals surface area contributed by atoms with Crippen LogP contribution in [-0.4, -0.2) is 39.4 Å². The third-order valence-corrected chi connectivity index (χ3v) is 5.24. The highest BCUT2D eigenvalue weighted by atomic mass is 19.4. The largest absolute Gasteiger partial charge is 0.439 e. The highest BCUT2D eigenvalue weighted by Gasteiger charge is 2.31. The molecule has 1 aliphatic heterocycles. The average molecular weight is 472 g/mol. The maximum absolute atomic E-state index is 12.7. The molecule has 3 heterocycles. The second-order valence-electron chi connectivity index (χ2n) is 7.56. The Morgan fingerprint density at radius 3 is 2.38 bits per heavy atom. The normalized spacial score (nSPS) is 15.9. The highest BCUT2D eigenvalue weighted by molar-refractivity contribution is 5.92. The van der Waals surface area contributed by atoms with Gasteiger partial charge in [-0.15, -0.1) is 0 Å². The van der Waals surface area contributed by atoms with Gasteiger partial charge in [-0.05, 0) is 43.2 Å². The number of amides is 2. The molecule has 0 aliphatic carbocycles. The van der Waals surface area contributed by atoms with Crippen molar-refractivity contribution in [2.45, 2.75) is 25.1 Å². The Hall–Kier alpha value is -4.22. The summed E-state index contributed by atoms with van der Waals surface area (Å²) in [6, 6.07) is 9.19. The molecule has 2 amide bonds. The number of nitrogens with two attached hydrogens (primary N) is 2. The van der Waals surface area contributed by atoms with Crippen molar-refractivity contribution in [3.63, 3.8) is 0 Å². The number of anilines is 1. The molecule has 176 valence electrons. The van der Waals surface area contributed by atoms with E-state index in [0.29, 0.717) is 36.3 Å². The van der Waals surface area contributed by atoms with Gasteiger partial charge in [0.2, 0.25) is 11.8 Å². The molecule has 0 spiro atoms. The summed E-state index contributed by atoms with van der Waals surface area (Å²) in [5.41, 5.74) is 10.5. The molecular formula is C22H19F3N6O3. The van der Waals surface area contributed by atoms with Gasteiger partial charge < -0.3 is 21.1 Å². The molecule has 1 aliphatic rings. The number of alkyl halides is 3. The zero-order valence-electron chi connectivity index (χ0n) is 17.6. The van der Waals surface area contributed by atoms with Gasteiger partial charge >= 0.3 is 6.18 Å². The summed E-state index contributed by atoms with van der Waals surface area (Å²) in [5.74, 6) is -0.392. The molecule has 0 radical (unpaired) electrons. The number of carbonyl (C=O) groups excluding carboxylic acids is 2. The van der Waals surface area contributed by atoms with Crippen LogP contribution in [-0.2, 0) is 11.0 Å². The molecule has 4 rings (SSSR count). The van der Waals surface area contributed by atoms with Crippen molar-refractivity contribution < 1.29 is 27.5 Å². The van der Waals surface area contributed by atoms with Gasteiger partial charge in [-0.1, -0.05) is 0 Å². The van der Waals surface area contributed by atoms with Gasteiger partial charge in [0, 0.05) is 30.4 Å². The summed E-state index contributed by atoms with van der Waals surface area (Å²) >= 11 is 0. The highest BCUT2D eigenvalue weighted by Crippen LogP contribution is 2.31. The fourth-order valence-electron chi connectivity index (χ4n) is 3.57. The third-order valence-electron chi connectivity index (χ3n) is 5.24. The number of nitrogens with zero attached hydrogens (tertiary/aromatic N) is 4. The zero-order valence-corrected chi connectivity index (χ0v) is 17.6. The SMILES string of the molecule is NC(=O)c1cc(N2CCC[C@H]2C(N)=O)nc(-c2ccc(Oc3ccc(C(F)(F)F)cn3)cc2)n1. The summed E-state index contributed by atoms with van der Waals surface area (Å²) in [4.78, 5) is 37.7. The predicted molar refractivity (Wildman–Crippen MR) is 115 cm³/mol. The Kier molecular flexibility index (Phi) is 6.05. The maximum atomic E-state index is 12.7. The first kappa shape index (κ1) is 23.0. The van der Waals surface area contributed by atoms with E-state index in [4.69, 9.17) is 16.2 Å². The summed E-state index contributed by atoms with van der Waals surface area (Å²) in [6.45, 7) is 0.537. The second kappa shape index (κ2) is 8.96. The molecular weight excluding hydrogens is 453 g/mol. The molecule has 0 saturated carbocycles. The Morgan fingerprint density at radius 1 is 1.06 bits per heavy atom. The Morgan fingerprint density at radius 2 is 1.79 bits per heavy atom. The van der Waals surface area contributed by atoms with Gasteiger partial charge in [0.15, 0.2) is 5.82 Å². The fourth-order valence-corrected chi connectivity index (χ4v) is 3.57. The number of halogens is 3. The van der Waals surface area contributed by atoms with E-state index in [1.54, 1.807) is 29.2 Å². The van der Waals surface area contributed by atoms with Crippen LogP contribution in [0.5, 0.6) is 11.6 Å². The van der Waals surface area contributed by atoms with Gasteiger partial charge in [0.1, 0.15) is 23.3 Å². The predicted octanol–water partition coefficient (Wildman–Crippen LogP) is 2.90. The lowest BCUT2D eigenvalue weighted by Crippen LogP contribution is -2.41. The summed E-state index contributed by atoms with van der Waals surface area (Å²) in [6.07, 6.45) is -2.49. The van der Waals surface area contributed by atoms with Crippen molar-refractivity contribution in [3.05, 3.63) is 59.9 Å². The van der Waals surface area contributed by atoms with Crippen LogP contribution in [0.15, 0.2) is 48.7 Å². The number of rotatable bonds is 6. The third kappa shape index (κ3) is 4.90. The Balaban J connectivity index is 1.59. The lowest BCUT2D eigenvalue weighted by Gasteiger charge is -2.23. The topological polar surface area (TPSA) is 137 Å². The lowest BCUT2D eigenvalue weighted by molar-refractivity contribution is -0.137. The number of hydrogen-bond donors (Lipinski definition) is 2. The van der Waals surface area contributed by atoms with E-state index in [1.807, 2.05) is 0 Å². The maximum Gasteiger partial charge on any atom is 0.417 e. The Bertz CT molecular complexity index is 1220. The van der Waals surface area contributed by atoms with Crippen molar-refractivity contribution in [1.29, 1.82) is 0 Å². The molecule has 0 bridgehead atoms. The van der Waals surface area contributed by atoms with Gasteiger partial charge in [0.25, 0.3) is 5.91 Å². The van der Waals surface area contributed by atoms with Crippen LogP contribution in [0, 0.1) is 0 Å². The van der Waals surface area contributed by atoms with E-state index in [0.717, 1.165) is 18.6 Å². The van der Waals surface area contributed by atoms with Crippen LogP contribution in [0.3, 0.4) is 0 Å². The summed E-state index contributed by atoms with van der Waals surface area (Å²) < 4.78 is 43.5. The quantitative estimate of drug-likeness (QED) is 0.563. The smallest absolute Gasteiger partial charge is 0.417 e. The van der Waals surface area contributed by atoms with Gasteiger partial charge in [-0.2, -0.15) is 13.2 Å². The standard InChI is InChI=1S/C22H19F3N6O3/c23-22(24,25)13-5-8-18(28-11-13)34-14-6-3-12(4-7-14)21-29-15(19(26)32)10-17(30-21)31-9-1-2-16(31)20(27)33/h3-8,10-11,16H,1-2,9H2,(H2,26,32)(H2,27,33)/t16-/m0/s1. The molecule has 4 N–H and O–H groups in total. The van der Waals surface area contributed by atoms with Crippen molar-refractivity contribution in [2.75, 3.05) is 11.4 Å². The number of hydrogen-bond acceptors (Lipinski definition) is 7. The summed E-state index contributed by atoms with van der Waals surface area (Å²) in [7, 11) is 0. The van der Waals surface area contributed by atoms with Crippen LogP contribution >= 0.6 is 0 Å². The molecule has 2 aromatic heterocycles. The van der Waals surface area contributed by atoms with Crippen LogP contribution < -0.4 is 21.1 Å². The molecule has 1 atom stereocenters. The minimum absolute atomic E-state index is 0.0125. The minimum atomic E-state index is -4.49. The molecule has 1 saturated heterocycles. The van der Waals surface area contributed by atoms with Crippen LogP contribution in [0.1, 0.15) is 28.9 Å². The monoisotopic (exact) mass is 472 g/mol. The van der Waals surface area contributed by atoms with Crippen LogP contribution in [0.4, 0.5) is 19.0 Å². The first-order chi connectivity index (χ1) is 16.1. The van der Waals surface area contributed by atoms with Gasteiger partial charge in [-0.25, -0.2) is 15.0 Å². The lowest BCUT2D eigenvalue weighted by atomic mass is 10.2. The summed E-state index contributed by atoms with van der Waals surface area (Å²) in [5, 5.41) is 0. The zero-order chi connectivity index (χ0) is 24.5. The van der Waals surface area contributed by atoms with Crippen LogP contribution in [0.2, 0.25) is 0 Å². The van der Waals surface area contributed by atoms with Crippen molar-refractivity contribution in [2.24, 2.45) is 11.5 Å². The Labute approximate surface area is 191 Å². The van der Waals surface area contributed by atoms with Crippen molar-refractivity contribution >= 4 is 17.6 Å². The van der Waals surface area contributed by atoms with E-state index in [9.17, 15) is 22.8 Å². The number of carbonyl (C=O) groups is 2. The first-order valence-corrected chi connectivity index (χ1v) is 10.2. The van der Waals surface area contributed by atoms with E-state index in [2.05, 4.69) is 15.0 Å². The van der Waals surface area contributed by atoms with E-state index >= 15 is 0 Å². The molecule has 3 aromatic rings. The van der Waals surface area contributed by atoms with E-state index < -0.39 is 29.6 Å². The minimum Gasteiger partial charge on any atom is -0.439 e. The van der Waals surface area contributed by atoms with Crippen LogP contribution in [0.25, 0.3) is 11.4 Å². The van der Waals surface area contributed by atoms with Gasteiger partial charge in [0.05, 0.1) is 5.56 Å². The van der Waals surface area contributed by atoms with E-state index in [1.165, 1.54) is 6.07 Å². The second-order valence-corrected chi connectivity index (χ2v) is 7.56. The number of benzene rings is 1. The van der Waals surface area contributed by atoms with Crippen molar-refractivity contribution in [3.8, 4) is 23.0 Å². The van der Waals surface area contributed by atoms with E-state index in [-0.39, 0.29) is 17.4 Å². The molecule has 12 heteroatoms. The average Bonchev–Trinajstić information content (AvgIpc) is 3.29. The number of ether oxygens (including phenoxy) is 1. The molecule has 9 nitrogen and oxygen atoms in total. The van der Waals surface area contributed by atoms with Crippen molar-refractivity contribution in [1.82, 2.24) is 15.0 Å². The number of pyridine rings is 1. The fraction of sp³-hybridized carbons (Fsp3) is 0.227. The molecule has 1 aromatic carbocycles. The molecule has 0 unspecified atom stereocenters. The van der Waals surface area contributed by atoms with Gasteiger partial charge in [-0.3, -0.25) is 9.59 Å². The molecule has 34 heavy (non-hydrogen) atoms.